The quantitative estimate of drug-likeness (QED) is 0.454. The lowest BCUT2D eigenvalue weighted by Crippen LogP contribution is -2.52. The van der Waals surface area contributed by atoms with Crippen molar-refractivity contribution in [3.05, 3.63) is 57.9 Å². The number of fused-ring (bicyclic) bond motifs is 2. The van der Waals surface area contributed by atoms with Crippen LogP contribution < -0.4 is 10.5 Å². The van der Waals surface area contributed by atoms with E-state index in [1.54, 1.807) is 11.3 Å². The molecule has 0 unspecified atom stereocenters. The highest BCUT2D eigenvalue weighted by Gasteiger charge is 2.28. The molecule has 1 saturated heterocycles. The van der Waals surface area contributed by atoms with E-state index >= 15 is 0 Å². The van der Waals surface area contributed by atoms with E-state index in [0.29, 0.717) is 11.1 Å². The first-order valence-electron chi connectivity index (χ1n) is 11.1. The first kappa shape index (κ1) is 19.0. The summed E-state index contributed by atoms with van der Waals surface area (Å²) < 4.78 is 6.85. The Labute approximate surface area is 184 Å². The van der Waals surface area contributed by atoms with Crippen LogP contribution >= 0.6 is 11.3 Å². The van der Waals surface area contributed by atoms with Crippen LogP contribution in [0.3, 0.4) is 0 Å². The number of anilines is 1. The Morgan fingerprint density at radius 3 is 2.65 bits per heavy atom. The molecule has 1 aliphatic heterocycles. The van der Waals surface area contributed by atoms with Crippen LogP contribution in [-0.2, 0) is 0 Å². The Kier molecular flexibility index (Phi) is 4.58. The number of hydrogen-bond donors (Lipinski definition) is 0. The molecule has 0 N–H and O–H groups in total. The minimum absolute atomic E-state index is 0.275. The number of piperazine rings is 1. The molecule has 2 aromatic heterocycles. The maximum atomic E-state index is 12.9. The second-order valence-electron chi connectivity index (χ2n) is 8.69. The second-order valence-corrected chi connectivity index (χ2v) is 9.93. The predicted molar refractivity (Wildman–Crippen MR) is 127 cm³/mol. The Morgan fingerprint density at radius 1 is 1.03 bits per heavy atom. The molecule has 6 heteroatoms. The SMILES string of the molecule is Cc1nc2ccc(-c3cc4ccc(N5CCN(C6CCC6)CC5)cc4c(=O)o3)cc2s1. The lowest BCUT2D eigenvalue weighted by molar-refractivity contribution is 0.120. The summed E-state index contributed by atoms with van der Waals surface area (Å²) in [6.45, 7) is 6.25. The van der Waals surface area contributed by atoms with E-state index in [2.05, 4.69) is 33.0 Å². The lowest BCUT2D eigenvalue weighted by atomic mass is 9.91. The van der Waals surface area contributed by atoms with Gasteiger partial charge in [0.1, 0.15) is 5.76 Å². The Bertz CT molecular complexity index is 1330. The number of thiazole rings is 1. The Balaban J connectivity index is 1.29. The largest absolute Gasteiger partial charge is 0.422 e. The fourth-order valence-corrected chi connectivity index (χ4v) is 5.67. The molecule has 0 bridgehead atoms. The molecule has 4 aromatic rings. The highest BCUT2D eigenvalue weighted by atomic mass is 32.1. The smallest absolute Gasteiger partial charge is 0.344 e. The third-order valence-electron chi connectivity index (χ3n) is 6.80. The van der Waals surface area contributed by atoms with Gasteiger partial charge in [0.2, 0.25) is 0 Å². The standard InChI is InChI=1S/C25H25N3O2S/c1-16-26-22-8-6-18(14-24(22)31-16)23-13-17-5-7-20(15-21(17)25(29)30-23)28-11-9-27(10-12-28)19-3-2-4-19/h5-8,13-15,19H,2-4,9-12H2,1H3. The minimum Gasteiger partial charge on any atom is -0.422 e. The maximum Gasteiger partial charge on any atom is 0.344 e. The van der Waals surface area contributed by atoms with Crippen LogP contribution in [0.15, 0.2) is 51.7 Å². The summed E-state index contributed by atoms with van der Waals surface area (Å²) >= 11 is 1.65. The van der Waals surface area contributed by atoms with Gasteiger partial charge in [-0.2, -0.15) is 0 Å². The third kappa shape index (κ3) is 3.44. The van der Waals surface area contributed by atoms with Crippen LogP contribution in [0.5, 0.6) is 0 Å². The minimum atomic E-state index is -0.275. The summed E-state index contributed by atoms with van der Waals surface area (Å²) in [7, 11) is 0. The van der Waals surface area contributed by atoms with Crippen molar-refractivity contribution in [2.45, 2.75) is 32.2 Å². The van der Waals surface area contributed by atoms with Gasteiger partial charge < -0.3 is 9.32 Å². The summed E-state index contributed by atoms with van der Waals surface area (Å²) in [5.74, 6) is 0.604. The topological polar surface area (TPSA) is 49.6 Å². The molecule has 2 fully saturated rings. The molecule has 0 radical (unpaired) electrons. The highest BCUT2D eigenvalue weighted by molar-refractivity contribution is 7.18. The predicted octanol–water partition coefficient (Wildman–Crippen LogP) is 5.05. The number of nitrogens with zero attached hydrogens (tertiary/aromatic N) is 3. The molecule has 2 aliphatic rings. The molecular weight excluding hydrogens is 406 g/mol. The summed E-state index contributed by atoms with van der Waals surface area (Å²) in [5, 5.41) is 2.61. The maximum absolute atomic E-state index is 12.9. The van der Waals surface area contributed by atoms with Crippen LogP contribution in [-0.4, -0.2) is 42.1 Å². The molecule has 158 valence electrons. The van der Waals surface area contributed by atoms with Gasteiger partial charge >= 0.3 is 5.63 Å². The summed E-state index contributed by atoms with van der Waals surface area (Å²) in [4.78, 5) is 22.4. The van der Waals surface area contributed by atoms with Crippen LogP contribution in [0.2, 0.25) is 0 Å². The summed E-state index contributed by atoms with van der Waals surface area (Å²) in [6, 6.07) is 15.0. The van der Waals surface area contributed by atoms with E-state index in [1.807, 2.05) is 31.2 Å². The fraction of sp³-hybridized carbons (Fsp3) is 0.360. The molecule has 31 heavy (non-hydrogen) atoms. The Morgan fingerprint density at radius 2 is 1.87 bits per heavy atom. The molecule has 0 amide bonds. The molecule has 1 saturated carbocycles. The van der Waals surface area contributed by atoms with Crippen molar-refractivity contribution in [3.8, 4) is 11.3 Å². The zero-order valence-corrected chi connectivity index (χ0v) is 18.5. The zero-order chi connectivity index (χ0) is 20.9. The van der Waals surface area contributed by atoms with Gasteiger partial charge in [0.25, 0.3) is 0 Å². The normalized spacial score (nSPS) is 18.0. The average molecular weight is 432 g/mol. The number of hydrogen-bond acceptors (Lipinski definition) is 6. The van der Waals surface area contributed by atoms with E-state index in [9.17, 15) is 4.79 Å². The van der Waals surface area contributed by atoms with Crippen molar-refractivity contribution in [1.82, 2.24) is 9.88 Å². The lowest BCUT2D eigenvalue weighted by Gasteiger charge is -2.43. The van der Waals surface area contributed by atoms with Gasteiger partial charge in [-0.05, 0) is 61.5 Å². The number of aromatic nitrogens is 1. The molecule has 5 nitrogen and oxygen atoms in total. The monoisotopic (exact) mass is 431 g/mol. The van der Waals surface area contributed by atoms with Crippen molar-refractivity contribution in [2.24, 2.45) is 0 Å². The van der Waals surface area contributed by atoms with Crippen molar-refractivity contribution < 1.29 is 4.42 Å². The van der Waals surface area contributed by atoms with Gasteiger partial charge in [0.05, 0.1) is 20.6 Å². The first-order valence-corrected chi connectivity index (χ1v) is 11.9. The summed E-state index contributed by atoms with van der Waals surface area (Å²) in [5.41, 5.74) is 2.73. The van der Waals surface area contributed by atoms with E-state index < -0.39 is 0 Å². The van der Waals surface area contributed by atoms with E-state index in [0.717, 1.165) is 64.1 Å². The van der Waals surface area contributed by atoms with Crippen LogP contribution in [0.25, 0.3) is 32.3 Å². The molecule has 2 aromatic carbocycles. The fourth-order valence-electron chi connectivity index (χ4n) is 4.80. The molecule has 0 spiro atoms. The van der Waals surface area contributed by atoms with Gasteiger partial charge in [-0.25, -0.2) is 9.78 Å². The highest BCUT2D eigenvalue weighted by Crippen LogP contribution is 2.31. The van der Waals surface area contributed by atoms with Gasteiger partial charge in [0, 0.05) is 43.5 Å². The zero-order valence-electron chi connectivity index (χ0n) is 17.6. The molecular formula is C25H25N3O2S. The van der Waals surface area contributed by atoms with Gasteiger partial charge in [0.15, 0.2) is 0 Å². The molecule has 6 rings (SSSR count). The molecule has 1 aliphatic carbocycles. The van der Waals surface area contributed by atoms with Crippen molar-refractivity contribution in [2.75, 3.05) is 31.1 Å². The third-order valence-corrected chi connectivity index (χ3v) is 7.73. The molecule has 3 heterocycles. The van der Waals surface area contributed by atoms with Gasteiger partial charge in [-0.15, -0.1) is 11.3 Å². The van der Waals surface area contributed by atoms with Gasteiger partial charge in [-0.1, -0.05) is 12.5 Å². The van der Waals surface area contributed by atoms with Crippen LogP contribution in [0, 0.1) is 6.92 Å². The van der Waals surface area contributed by atoms with Crippen molar-refractivity contribution >= 4 is 38.0 Å². The number of aryl methyl sites for hydroxylation is 1. The van der Waals surface area contributed by atoms with Gasteiger partial charge in [-0.3, -0.25) is 4.90 Å². The summed E-state index contributed by atoms with van der Waals surface area (Å²) in [6.07, 6.45) is 4.09. The number of rotatable bonds is 3. The van der Waals surface area contributed by atoms with Crippen LogP contribution in [0.4, 0.5) is 5.69 Å². The van der Waals surface area contributed by atoms with E-state index in [1.165, 1.54) is 19.3 Å². The second kappa shape index (κ2) is 7.46. The van der Waals surface area contributed by atoms with E-state index in [-0.39, 0.29) is 5.63 Å². The Hall–Kier alpha value is -2.70. The number of benzene rings is 2. The average Bonchev–Trinajstić information content (AvgIpc) is 3.12. The first-order chi connectivity index (χ1) is 15.1. The molecule has 0 atom stereocenters. The van der Waals surface area contributed by atoms with Crippen molar-refractivity contribution in [1.29, 1.82) is 0 Å². The van der Waals surface area contributed by atoms with Crippen molar-refractivity contribution in [3.63, 3.8) is 0 Å². The van der Waals surface area contributed by atoms with Crippen LogP contribution in [0.1, 0.15) is 24.3 Å². The van der Waals surface area contributed by atoms with E-state index in [4.69, 9.17) is 4.42 Å².